The summed E-state index contributed by atoms with van der Waals surface area (Å²) >= 11 is 0. The molecule has 2 heterocycles. The summed E-state index contributed by atoms with van der Waals surface area (Å²) < 4.78 is 30.7. The number of nitrogens with zero attached hydrogens (tertiary/aromatic N) is 3. The number of ether oxygens (including phenoxy) is 1. The van der Waals surface area contributed by atoms with Gasteiger partial charge >= 0.3 is 6.03 Å². The molecule has 0 atom stereocenters. The van der Waals surface area contributed by atoms with Gasteiger partial charge in [-0.3, -0.25) is 14.9 Å². The zero-order valence-electron chi connectivity index (χ0n) is 20.3. The third-order valence-corrected chi connectivity index (χ3v) is 8.05. The molecule has 2 saturated heterocycles. The van der Waals surface area contributed by atoms with Gasteiger partial charge in [0.1, 0.15) is 0 Å². The minimum absolute atomic E-state index is 0.125. The van der Waals surface area contributed by atoms with Gasteiger partial charge in [0.2, 0.25) is 10.0 Å². The molecule has 4 rings (SSSR count). The van der Waals surface area contributed by atoms with Crippen molar-refractivity contribution in [3.05, 3.63) is 65.2 Å². The summed E-state index contributed by atoms with van der Waals surface area (Å²) in [5, 5.41) is 8.86. The SMILES string of the molecule is CS(=O)(=O)N1CCC(c2cccc(N(Cc3ccc(C(=O)NO)cc3)C(=O)N3CCOCC3)c2)CC1. The van der Waals surface area contributed by atoms with E-state index in [0.717, 1.165) is 29.7 Å². The van der Waals surface area contributed by atoms with Gasteiger partial charge in [-0.15, -0.1) is 0 Å². The predicted octanol–water partition coefficient (Wildman–Crippen LogP) is 2.40. The highest BCUT2D eigenvalue weighted by Crippen LogP contribution is 2.32. The highest BCUT2D eigenvalue weighted by molar-refractivity contribution is 7.88. The van der Waals surface area contributed by atoms with E-state index in [0.29, 0.717) is 51.5 Å². The zero-order chi connectivity index (χ0) is 25.7. The fourth-order valence-corrected chi connectivity index (χ4v) is 5.54. The molecule has 2 aliphatic heterocycles. The standard InChI is InChI=1S/C25H32N4O6S/c1-36(33,34)28-11-9-20(10-12-28)22-3-2-4-23(17-22)29(25(31)27-13-15-35-16-14-27)18-19-5-7-21(8-6-19)24(30)26-32/h2-8,17,20,32H,9-16,18H2,1H3,(H,26,30). The van der Waals surface area contributed by atoms with E-state index < -0.39 is 15.9 Å². The van der Waals surface area contributed by atoms with Crippen molar-refractivity contribution in [3.8, 4) is 0 Å². The third kappa shape index (κ3) is 6.22. The van der Waals surface area contributed by atoms with Gasteiger partial charge in [0.25, 0.3) is 5.91 Å². The first-order valence-electron chi connectivity index (χ1n) is 12.0. The fourth-order valence-electron chi connectivity index (χ4n) is 4.67. The van der Waals surface area contributed by atoms with Gasteiger partial charge in [-0.2, -0.15) is 0 Å². The lowest BCUT2D eigenvalue weighted by Gasteiger charge is -2.34. The average Bonchev–Trinajstić information content (AvgIpc) is 2.91. The Morgan fingerprint density at radius 2 is 1.72 bits per heavy atom. The summed E-state index contributed by atoms with van der Waals surface area (Å²) in [7, 11) is -3.20. The lowest BCUT2D eigenvalue weighted by molar-refractivity contribution is 0.0548. The molecule has 0 unspecified atom stereocenters. The molecule has 0 spiro atoms. The minimum Gasteiger partial charge on any atom is -0.378 e. The number of morpholine rings is 1. The topological polar surface area (TPSA) is 119 Å². The van der Waals surface area contributed by atoms with Crippen molar-refractivity contribution in [2.24, 2.45) is 0 Å². The van der Waals surface area contributed by atoms with Crippen LogP contribution in [0.1, 0.15) is 40.2 Å². The van der Waals surface area contributed by atoms with Gasteiger partial charge in [0.15, 0.2) is 0 Å². The molecule has 0 aliphatic carbocycles. The van der Waals surface area contributed by atoms with E-state index in [-0.39, 0.29) is 11.9 Å². The summed E-state index contributed by atoms with van der Waals surface area (Å²) in [5.41, 5.74) is 4.60. The molecular weight excluding hydrogens is 484 g/mol. The van der Waals surface area contributed by atoms with Crippen LogP contribution in [0, 0.1) is 0 Å². The number of rotatable bonds is 6. The lowest BCUT2D eigenvalue weighted by Crippen LogP contribution is -2.48. The molecule has 2 aromatic rings. The van der Waals surface area contributed by atoms with Gasteiger partial charge in [-0.05, 0) is 54.2 Å². The quantitative estimate of drug-likeness (QED) is 0.450. The van der Waals surface area contributed by atoms with Crippen molar-refractivity contribution in [1.29, 1.82) is 0 Å². The number of anilines is 1. The summed E-state index contributed by atoms with van der Waals surface area (Å²) in [6, 6.07) is 14.5. The number of carbonyl (C=O) groups excluding carboxylic acids is 2. The van der Waals surface area contributed by atoms with E-state index in [2.05, 4.69) is 0 Å². The molecule has 0 bridgehead atoms. The van der Waals surface area contributed by atoms with Crippen LogP contribution >= 0.6 is 0 Å². The van der Waals surface area contributed by atoms with Gasteiger partial charge in [-0.25, -0.2) is 23.0 Å². The summed E-state index contributed by atoms with van der Waals surface area (Å²) in [6.07, 6.45) is 2.69. The van der Waals surface area contributed by atoms with Gasteiger partial charge in [0.05, 0.1) is 26.0 Å². The summed E-state index contributed by atoms with van der Waals surface area (Å²) in [6.45, 7) is 3.26. The second-order valence-corrected chi connectivity index (χ2v) is 11.1. The molecule has 0 radical (unpaired) electrons. The van der Waals surface area contributed by atoms with E-state index in [1.807, 2.05) is 24.3 Å². The monoisotopic (exact) mass is 516 g/mol. The number of urea groups is 1. The Labute approximate surface area is 211 Å². The fraction of sp³-hybridized carbons (Fsp3) is 0.440. The second kappa shape index (κ2) is 11.4. The Morgan fingerprint density at radius 3 is 2.33 bits per heavy atom. The third-order valence-electron chi connectivity index (χ3n) is 6.75. The Morgan fingerprint density at radius 1 is 1.06 bits per heavy atom. The largest absolute Gasteiger partial charge is 0.378 e. The maximum atomic E-state index is 13.6. The Bertz CT molecular complexity index is 1170. The van der Waals surface area contributed by atoms with Crippen LogP contribution in [0.15, 0.2) is 48.5 Å². The molecule has 2 aliphatic rings. The van der Waals surface area contributed by atoms with Crippen LogP contribution in [0.3, 0.4) is 0 Å². The van der Waals surface area contributed by atoms with Crippen LogP contribution in [0.5, 0.6) is 0 Å². The minimum atomic E-state index is -3.20. The highest BCUT2D eigenvalue weighted by atomic mass is 32.2. The van der Waals surface area contributed by atoms with E-state index in [4.69, 9.17) is 9.94 Å². The van der Waals surface area contributed by atoms with E-state index in [9.17, 15) is 18.0 Å². The Hall–Kier alpha value is -2.99. The van der Waals surface area contributed by atoms with Crippen molar-refractivity contribution < 1.29 is 28.0 Å². The van der Waals surface area contributed by atoms with Gasteiger partial charge in [-0.1, -0.05) is 24.3 Å². The smallest absolute Gasteiger partial charge is 0.324 e. The molecule has 0 aromatic heterocycles. The Balaban J connectivity index is 1.57. The highest BCUT2D eigenvalue weighted by Gasteiger charge is 2.28. The molecule has 36 heavy (non-hydrogen) atoms. The number of benzene rings is 2. The maximum absolute atomic E-state index is 13.6. The van der Waals surface area contributed by atoms with Crippen LogP contribution in [-0.4, -0.2) is 80.4 Å². The molecule has 2 N–H and O–H groups in total. The molecule has 2 aromatic carbocycles. The van der Waals surface area contributed by atoms with Gasteiger partial charge in [0, 0.05) is 37.4 Å². The van der Waals surface area contributed by atoms with Crippen LogP contribution in [0.25, 0.3) is 0 Å². The van der Waals surface area contributed by atoms with Crippen LogP contribution in [0.2, 0.25) is 0 Å². The van der Waals surface area contributed by atoms with Crippen molar-refractivity contribution in [1.82, 2.24) is 14.7 Å². The van der Waals surface area contributed by atoms with Crippen molar-refractivity contribution in [2.45, 2.75) is 25.3 Å². The first kappa shape index (κ1) is 26.1. The number of nitrogens with one attached hydrogen (secondary N) is 1. The number of amides is 3. The second-order valence-electron chi connectivity index (χ2n) is 9.14. The van der Waals surface area contributed by atoms with E-state index in [1.165, 1.54) is 10.6 Å². The maximum Gasteiger partial charge on any atom is 0.324 e. The van der Waals surface area contributed by atoms with Gasteiger partial charge < -0.3 is 9.64 Å². The number of carbonyl (C=O) groups is 2. The van der Waals surface area contributed by atoms with E-state index in [1.54, 1.807) is 39.5 Å². The number of hydrogen-bond donors (Lipinski definition) is 2. The molecule has 2 fully saturated rings. The zero-order valence-corrected chi connectivity index (χ0v) is 21.1. The summed E-state index contributed by atoms with van der Waals surface area (Å²) in [5.74, 6) is -0.392. The van der Waals surface area contributed by atoms with E-state index >= 15 is 0 Å². The number of piperidine rings is 1. The molecule has 194 valence electrons. The van der Waals surface area contributed by atoms with Crippen molar-refractivity contribution >= 4 is 27.6 Å². The number of hydroxylamine groups is 1. The molecule has 10 nitrogen and oxygen atoms in total. The van der Waals surface area contributed by atoms with Crippen LogP contribution in [-0.2, 0) is 21.3 Å². The summed E-state index contributed by atoms with van der Waals surface area (Å²) in [4.78, 5) is 28.8. The molecule has 3 amide bonds. The van der Waals surface area contributed by atoms with Crippen molar-refractivity contribution in [2.75, 3.05) is 50.5 Å². The normalized spacial score (nSPS) is 17.6. The molecule has 11 heteroatoms. The average molecular weight is 517 g/mol. The number of sulfonamides is 1. The first-order valence-corrected chi connectivity index (χ1v) is 13.8. The first-order chi connectivity index (χ1) is 17.3. The predicted molar refractivity (Wildman–Crippen MR) is 134 cm³/mol. The lowest BCUT2D eigenvalue weighted by atomic mass is 9.90. The number of hydrogen-bond acceptors (Lipinski definition) is 6. The van der Waals surface area contributed by atoms with Crippen LogP contribution < -0.4 is 10.4 Å². The van der Waals surface area contributed by atoms with Crippen molar-refractivity contribution in [3.63, 3.8) is 0 Å². The Kier molecular flexibility index (Phi) is 8.24. The molecule has 0 saturated carbocycles. The molecular formula is C25H32N4O6S. The van der Waals surface area contributed by atoms with Crippen LogP contribution in [0.4, 0.5) is 10.5 Å².